The number of hydrogen-bond donors (Lipinski definition) is 3. The molecule has 1 unspecified atom stereocenters. The summed E-state index contributed by atoms with van der Waals surface area (Å²) in [4.78, 5) is 10.9. The van der Waals surface area contributed by atoms with Gasteiger partial charge in [0.2, 0.25) is 0 Å². The number of carbonyl (C=O) groups is 1. The Kier molecular flexibility index (Phi) is 3.63. The van der Waals surface area contributed by atoms with Crippen molar-refractivity contribution in [3.63, 3.8) is 0 Å². The van der Waals surface area contributed by atoms with Gasteiger partial charge in [-0.15, -0.1) is 0 Å². The molecule has 1 aliphatic heterocycles. The lowest BCUT2D eigenvalue weighted by molar-refractivity contribution is -0.139. The van der Waals surface area contributed by atoms with Crippen molar-refractivity contribution in [1.82, 2.24) is 10.6 Å². The fraction of sp³-hybridized carbons (Fsp3) is 0.462. The van der Waals surface area contributed by atoms with Crippen LogP contribution in [0.5, 0.6) is 0 Å². The van der Waals surface area contributed by atoms with E-state index >= 15 is 0 Å². The van der Waals surface area contributed by atoms with Crippen molar-refractivity contribution in [2.75, 3.05) is 13.1 Å². The van der Waals surface area contributed by atoms with Crippen molar-refractivity contribution in [2.24, 2.45) is 0 Å². The second-order valence-electron chi connectivity index (χ2n) is 4.87. The first-order chi connectivity index (χ1) is 8.51. The Labute approximate surface area is 105 Å². The Bertz CT molecular complexity index is 429. The maximum Gasteiger partial charge on any atom is 0.305 e. The van der Waals surface area contributed by atoms with Crippen LogP contribution in [-0.2, 0) is 4.79 Å². The number of benzene rings is 1. The van der Waals surface area contributed by atoms with Gasteiger partial charge in [0.15, 0.2) is 0 Å². The van der Waals surface area contributed by atoms with E-state index in [1.807, 2.05) is 6.92 Å². The highest BCUT2D eigenvalue weighted by Gasteiger charge is 2.39. The van der Waals surface area contributed by atoms with Gasteiger partial charge in [-0.3, -0.25) is 4.79 Å². The van der Waals surface area contributed by atoms with E-state index in [2.05, 4.69) is 10.6 Å². The summed E-state index contributed by atoms with van der Waals surface area (Å²) in [5, 5.41) is 15.3. The first-order valence-corrected chi connectivity index (χ1v) is 5.96. The third kappa shape index (κ3) is 2.86. The van der Waals surface area contributed by atoms with Crippen LogP contribution in [0.4, 0.5) is 4.39 Å². The summed E-state index contributed by atoms with van der Waals surface area (Å²) in [5.41, 5.74) is 0.563. The normalized spacial score (nSPS) is 19.0. The van der Waals surface area contributed by atoms with Gasteiger partial charge < -0.3 is 15.7 Å². The average Bonchev–Trinajstić information content (AvgIpc) is 2.26. The number of nitrogens with one attached hydrogen (secondary N) is 2. The van der Waals surface area contributed by atoms with E-state index in [0.717, 1.165) is 5.56 Å². The molecule has 0 radical (unpaired) electrons. The SMILES string of the molecule is CC(NC1(CC(=O)O)CNC1)c1ccc(F)cc1. The molecule has 0 spiro atoms. The van der Waals surface area contributed by atoms with Gasteiger partial charge in [0.25, 0.3) is 0 Å². The molecule has 0 aliphatic carbocycles. The van der Waals surface area contributed by atoms with Crippen LogP contribution in [0.1, 0.15) is 24.9 Å². The molecular formula is C13H17FN2O2. The van der Waals surface area contributed by atoms with Crippen LogP contribution in [0.3, 0.4) is 0 Å². The van der Waals surface area contributed by atoms with Gasteiger partial charge >= 0.3 is 5.97 Å². The smallest absolute Gasteiger partial charge is 0.305 e. The first-order valence-electron chi connectivity index (χ1n) is 5.96. The highest BCUT2D eigenvalue weighted by Crippen LogP contribution is 2.22. The molecule has 1 fully saturated rings. The van der Waals surface area contributed by atoms with E-state index in [0.29, 0.717) is 13.1 Å². The Morgan fingerprint density at radius 3 is 2.56 bits per heavy atom. The van der Waals surface area contributed by atoms with E-state index < -0.39 is 5.97 Å². The van der Waals surface area contributed by atoms with Crippen molar-refractivity contribution in [1.29, 1.82) is 0 Å². The van der Waals surface area contributed by atoms with Crippen molar-refractivity contribution in [3.05, 3.63) is 35.6 Å². The maximum atomic E-state index is 12.8. The number of carboxylic acid groups (broad SMARTS) is 1. The summed E-state index contributed by atoms with van der Waals surface area (Å²) >= 11 is 0. The molecule has 98 valence electrons. The van der Waals surface area contributed by atoms with Crippen LogP contribution >= 0.6 is 0 Å². The molecule has 1 saturated heterocycles. The van der Waals surface area contributed by atoms with Gasteiger partial charge in [-0.1, -0.05) is 12.1 Å². The summed E-state index contributed by atoms with van der Waals surface area (Å²) in [5.74, 6) is -1.08. The summed E-state index contributed by atoms with van der Waals surface area (Å²) < 4.78 is 12.8. The molecule has 1 atom stereocenters. The van der Waals surface area contributed by atoms with Crippen LogP contribution in [0.2, 0.25) is 0 Å². The molecule has 1 aliphatic rings. The number of carboxylic acids is 1. The second-order valence-corrected chi connectivity index (χ2v) is 4.87. The molecule has 1 aromatic carbocycles. The average molecular weight is 252 g/mol. The minimum absolute atomic E-state index is 0.00736. The third-order valence-corrected chi connectivity index (χ3v) is 3.31. The minimum atomic E-state index is -0.810. The van der Waals surface area contributed by atoms with Crippen LogP contribution < -0.4 is 10.6 Å². The maximum absolute atomic E-state index is 12.8. The summed E-state index contributed by atoms with van der Waals surface area (Å²) in [7, 11) is 0. The molecule has 0 aromatic heterocycles. The largest absolute Gasteiger partial charge is 0.481 e. The molecule has 0 amide bonds. The van der Waals surface area contributed by atoms with E-state index in [1.165, 1.54) is 12.1 Å². The zero-order chi connectivity index (χ0) is 13.2. The van der Waals surface area contributed by atoms with Crippen molar-refractivity contribution in [3.8, 4) is 0 Å². The van der Waals surface area contributed by atoms with Crippen molar-refractivity contribution < 1.29 is 14.3 Å². The molecule has 2 rings (SSSR count). The number of rotatable bonds is 5. The lowest BCUT2D eigenvalue weighted by Gasteiger charge is -2.44. The molecule has 1 heterocycles. The number of hydrogen-bond acceptors (Lipinski definition) is 3. The van der Waals surface area contributed by atoms with E-state index in [9.17, 15) is 9.18 Å². The second kappa shape index (κ2) is 5.04. The Hall–Kier alpha value is -1.46. The monoisotopic (exact) mass is 252 g/mol. The van der Waals surface area contributed by atoms with E-state index in [1.54, 1.807) is 12.1 Å². The van der Waals surface area contributed by atoms with Gasteiger partial charge in [0.1, 0.15) is 5.82 Å². The molecule has 0 bridgehead atoms. The van der Waals surface area contributed by atoms with Crippen molar-refractivity contribution in [2.45, 2.75) is 24.9 Å². The third-order valence-electron chi connectivity index (χ3n) is 3.31. The highest BCUT2D eigenvalue weighted by molar-refractivity contribution is 5.68. The fourth-order valence-electron chi connectivity index (χ4n) is 2.29. The van der Waals surface area contributed by atoms with Crippen LogP contribution in [0.25, 0.3) is 0 Å². The molecule has 4 nitrogen and oxygen atoms in total. The fourth-order valence-corrected chi connectivity index (χ4v) is 2.29. The van der Waals surface area contributed by atoms with Gasteiger partial charge in [0.05, 0.1) is 12.0 Å². The van der Waals surface area contributed by atoms with Crippen LogP contribution in [0, 0.1) is 5.82 Å². The summed E-state index contributed by atoms with van der Waals surface area (Å²) in [6, 6.07) is 6.25. The zero-order valence-electron chi connectivity index (χ0n) is 10.2. The first kappa shape index (κ1) is 13.0. The van der Waals surface area contributed by atoms with E-state index in [-0.39, 0.29) is 23.8 Å². The summed E-state index contributed by atoms with van der Waals surface area (Å²) in [6.45, 7) is 3.24. The quantitative estimate of drug-likeness (QED) is 0.739. The predicted octanol–water partition coefficient (Wildman–Crippen LogP) is 1.29. The molecular weight excluding hydrogens is 235 g/mol. The molecule has 1 aromatic rings. The number of halogens is 1. The van der Waals surface area contributed by atoms with Crippen molar-refractivity contribution >= 4 is 5.97 Å². The molecule has 3 N–H and O–H groups in total. The van der Waals surface area contributed by atoms with E-state index in [4.69, 9.17) is 5.11 Å². The van der Waals surface area contributed by atoms with Gasteiger partial charge in [-0.05, 0) is 24.6 Å². The standard InChI is InChI=1S/C13H17FN2O2/c1-9(10-2-4-11(14)5-3-10)16-13(6-12(17)18)7-15-8-13/h2-5,9,15-16H,6-8H2,1H3,(H,17,18). The van der Waals surface area contributed by atoms with Gasteiger partial charge in [-0.2, -0.15) is 0 Å². The Morgan fingerprint density at radius 1 is 1.50 bits per heavy atom. The molecule has 5 heteroatoms. The topological polar surface area (TPSA) is 61.4 Å². The molecule has 0 saturated carbocycles. The summed E-state index contributed by atoms with van der Waals surface area (Å²) in [6.07, 6.45) is 0.0888. The van der Waals surface area contributed by atoms with Gasteiger partial charge in [-0.25, -0.2) is 4.39 Å². The Morgan fingerprint density at radius 2 is 2.11 bits per heavy atom. The lowest BCUT2D eigenvalue weighted by Crippen LogP contribution is -2.68. The van der Waals surface area contributed by atoms with Gasteiger partial charge in [0, 0.05) is 19.1 Å². The van der Waals surface area contributed by atoms with Crippen LogP contribution in [0.15, 0.2) is 24.3 Å². The number of aliphatic carboxylic acids is 1. The zero-order valence-corrected chi connectivity index (χ0v) is 10.2. The molecule has 18 heavy (non-hydrogen) atoms. The lowest BCUT2D eigenvalue weighted by atomic mass is 9.87. The minimum Gasteiger partial charge on any atom is -0.481 e. The Balaban J connectivity index is 2.03. The van der Waals surface area contributed by atoms with Crippen LogP contribution in [-0.4, -0.2) is 29.7 Å². The predicted molar refractivity (Wildman–Crippen MR) is 65.8 cm³/mol. The highest BCUT2D eigenvalue weighted by atomic mass is 19.1.